The SMILES string of the molecule is CCl.O=C(O)C1CCN(C(=O)OCc2ccccc2)CC1.O=C(O)C1CCN(C(=O)OCc2ccccc2)CC1. The van der Waals surface area contributed by atoms with Crippen LogP contribution >= 0.6 is 11.6 Å². The molecule has 0 unspecified atom stereocenters. The molecule has 2 N–H and O–H groups in total. The molecule has 2 amide bonds. The van der Waals surface area contributed by atoms with Crippen molar-refractivity contribution < 1.29 is 38.9 Å². The van der Waals surface area contributed by atoms with Crippen LogP contribution in [0, 0.1) is 11.8 Å². The van der Waals surface area contributed by atoms with Crippen LogP contribution in [-0.4, -0.2) is 76.7 Å². The lowest BCUT2D eigenvalue weighted by atomic mass is 9.97. The second-order valence-corrected chi connectivity index (χ2v) is 9.28. The molecule has 2 aliphatic rings. The number of aliphatic carboxylic acids is 2. The number of ether oxygens (including phenoxy) is 2. The van der Waals surface area contributed by atoms with E-state index in [1.54, 1.807) is 9.80 Å². The molecule has 0 atom stereocenters. The van der Waals surface area contributed by atoms with Gasteiger partial charge in [0.15, 0.2) is 0 Å². The quantitative estimate of drug-likeness (QED) is 0.454. The number of hydrogen-bond donors (Lipinski definition) is 2. The first-order chi connectivity index (χ1) is 19.3. The standard InChI is InChI=1S/2C14H17NO4.CH3Cl/c2*16-13(17)12-6-8-15(9-7-12)14(18)19-10-11-4-2-1-3-5-11;1-2/h2*1-5,12H,6-10H2,(H,16,17);1H3. The van der Waals surface area contributed by atoms with Gasteiger partial charge in [-0.2, -0.15) is 0 Å². The average molecular weight is 577 g/mol. The summed E-state index contributed by atoms with van der Waals surface area (Å²) in [7, 11) is 0. The van der Waals surface area contributed by atoms with Crippen molar-refractivity contribution in [3.8, 4) is 0 Å². The number of alkyl halides is 1. The van der Waals surface area contributed by atoms with Gasteiger partial charge in [-0.15, -0.1) is 11.6 Å². The Bertz CT molecular complexity index is 969. The fourth-order valence-electron chi connectivity index (χ4n) is 4.24. The van der Waals surface area contributed by atoms with Gasteiger partial charge in [0, 0.05) is 32.6 Å². The van der Waals surface area contributed by atoms with Crippen LogP contribution in [0.5, 0.6) is 0 Å². The van der Waals surface area contributed by atoms with E-state index in [1.165, 1.54) is 6.38 Å². The van der Waals surface area contributed by atoms with Gasteiger partial charge in [-0.05, 0) is 36.8 Å². The number of hydrogen-bond acceptors (Lipinski definition) is 6. The molecule has 2 aromatic rings. The van der Waals surface area contributed by atoms with Gasteiger partial charge in [0.25, 0.3) is 0 Å². The third-order valence-electron chi connectivity index (χ3n) is 6.62. The van der Waals surface area contributed by atoms with Crippen LogP contribution in [0.4, 0.5) is 9.59 Å². The Morgan fingerprint density at radius 1 is 0.650 bits per heavy atom. The third-order valence-corrected chi connectivity index (χ3v) is 6.62. The molecule has 2 heterocycles. The van der Waals surface area contributed by atoms with Crippen molar-refractivity contribution in [1.29, 1.82) is 0 Å². The first-order valence-corrected chi connectivity index (χ1v) is 13.8. The van der Waals surface area contributed by atoms with Gasteiger partial charge in [0.2, 0.25) is 0 Å². The first-order valence-electron chi connectivity index (χ1n) is 13.1. The molecular formula is C29H37ClN2O8. The number of piperidine rings is 2. The van der Waals surface area contributed by atoms with E-state index in [2.05, 4.69) is 11.6 Å². The zero-order valence-corrected chi connectivity index (χ0v) is 23.4. The number of nitrogens with zero attached hydrogens (tertiary/aromatic N) is 2. The Kier molecular flexibility index (Phi) is 14.4. The molecule has 0 saturated carbocycles. The largest absolute Gasteiger partial charge is 0.481 e. The maximum atomic E-state index is 11.8. The minimum absolute atomic E-state index is 0.249. The van der Waals surface area contributed by atoms with Crippen molar-refractivity contribution in [1.82, 2.24) is 9.80 Å². The van der Waals surface area contributed by atoms with Crippen LogP contribution in [0.25, 0.3) is 0 Å². The number of carboxylic acid groups (broad SMARTS) is 2. The topological polar surface area (TPSA) is 134 Å². The van der Waals surface area contributed by atoms with Crippen molar-refractivity contribution >= 4 is 35.7 Å². The second-order valence-electron chi connectivity index (χ2n) is 9.28. The molecular weight excluding hydrogens is 540 g/mol. The van der Waals surface area contributed by atoms with Crippen molar-refractivity contribution in [2.75, 3.05) is 32.6 Å². The van der Waals surface area contributed by atoms with Crippen molar-refractivity contribution in [3.05, 3.63) is 71.8 Å². The predicted molar refractivity (Wildman–Crippen MR) is 149 cm³/mol. The van der Waals surface area contributed by atoms with Gasteiger partial charge in [-0.1, -0.05) is 60.7 Å². The zero-order chi connectivity index (χ0) is 29.3. The molecule has 4 rings (SSSR count). The minimum Gasteiger partial charge on any atom is -0.481 e. The number of likely N-dealkylation sites (tertiary alicyclic amines) is 2. The molecule has 2 fully saturated rings. The Balaban J connectivity index is 0.000000264. The fourth-order valence-corrected chi connectivity index (χ4v) is 4.24. The van der Waals surface area contributed by atoms with Crippen molar-refractivity contribution in [3.63, 3.8) is 0 Å². The molecule has 2 aliphatic heterocycles. The van der Waals surface area contributed by atoms with E-state index < -0.39 is 11.9 Å². The highest BCUT2D eigenvalue weighted by molar-refractivity contribution is 6.15. The summed E-state index contributed by atoms with van der Waals surface area (Å²) in [4.78, 5) is 48.4. The Morgan fingerprint density at radius 3 is 1.23 bits per heavy atom. The van der Waals surface area contributed by atoms with Gasteiger partial charge in [0.1, 0.15) is 13.2 Å². The average Bonchev–Trinajstić information content (AvgIpc) is 3.01. The van der Waals surface area contributed by atoms with Crippen LogP contribution in [0.2, 0.25) is 0 Å². The summed E-state index contributed by atoms with van der Waals surface area (Å²) in [5.41, 5.74) is 1.88. The van der Waals surface area contributed by atoms with E-state index in [9.17, 15) is 19.2 Å². The second kappa shape index (κ2) is 17.7. The number of rotatable bonds is 6. The Morgan fingerprint density at radius 2 is 0.950 bits per heavy atom. The smallest absolute Gasteiger partial charge is 0.410 e. The number of carboxylic acids is 2. The summed E-state index contributed by atoms with van der Waals surface area (Å²) in [6.45, 7) is 2.29. The van der Waals surface area contributed by atoms with Gasteiger partial charge in [-0.3, -0.25) is 9.59 Å². The number of halogens is 1. The molecule has 0 spiro atoms. The Labute approximate surface area is 239 Å². The van der Waals surface area contributed by atoms with Crippen LogP contribution < -0.4 is 0 Å². The number of amides is 2. The Hall–Kier alpha value is -3.79. The molecule has 0 bridgehead atoms. The van der Waals surface area contributed by atoms with Crippen molar-refractivity contribution in [2.45, 2.75) is 38.9 Å². The maximum Gasteiger partial charge on any atom is 0.410 e. The lowest BCUT2D eigenvalue weighted by Crippen LogP contribution is -2.40. The number of carbonyl (C=O) groups is 4. The predicted octanol–water partition coefficient (Wildman–Crippen LogP) is 5.09. The van der Waals surface area contributed by atoms with Crippen LogP contribution in [0.1, 0.15) is 36.8 Å². The molecule has 10 nitrogen and oxygen atoms in total. The summed E-state index contributed by atoms with van der Waals surface area (Å²) in [5, 5.41) is 17.8. The van der Waals surface area contributed by atoms with E-state index in [1.807, 2.05) is 60.7 Å². The molecule has 0 aromatic heterocycles. The molecule has 218 valence electrons. The molecule has 0 aliphatic carbocycles. The summed E-state index contributed by atoms with van der Waals surface area (Å²) >= 11 is 4.64. The molecule has 2 aromatic carbocycles. The van der Waals surface area contributed by atoms with Gasteiger partial charge in [0.05, 0.1) is 11.8 Å². The van der Waals surface area contributed by atoms with E-state index >= 15 is 0 Å². The highest BCUT2D eigenvalue weighted by atomic mass is 35.5. The maximum absolute atomic E-state index is 11.8. The van der Waals surface area contributed by atoms with Crippen molar-refractivity contribution in [2.24, 2.45) is 11.8 Å². The molecule has 11 heteroatoms. The normalized spacial score (nSPS) is 15.4. The highest BCUT2D eigenvalue weighted by Gasteiger charge is 2.28. The fraction of sp³-hybridized carbons (Fsp3) is 0.448. The monoisotopic (exact) mass is 576 g/mol. The lowest BCUT2D eigenvalue weighted by Gasteiger charge is -2.29. The number of benzene rings is 2. The van der Waals surface area contributed by atoms with Gasteiger partial charge in [-0.25, -0.2) is 9.59 Å². The molecule has 2 saturated heterocycles. The van der Waals surface area contributed by atoms with Gasteiger partial charge >= 0.3 is 24.1 Å². The van der Waals surface area contributed by atoms with Crippen LogP contribution in [0.3, 0.4) is 0 Å². The van der Waals surface area contributed by atoms with Gasteiger partial charge < -0.3 is 29.5 Å². The van der Waals surface area contributed by atoms with Crippen LogP contribution in [-0.2, 0) is 32.3 Å². The molecule has 0 radical (unpaired) electrons. The van der Waals surface area contributed by atoms with Crippen LogP contribution in [0.15, 0.2) is 60.7 Å². The summed E-state index contributed by atoms with van der Waals surface area (Å²) in [5.74, 6) is -2.23. The van der Waals surface area contributed by atoms with E-state index in [4.69, 9.17) is 19.7 Å². The lowest BCUT2D eigenvalue weighted by molar-refractivity contribution is -0.144. The molecule has 40 heavy (non-hydrogen) atoms. The minimum atomic E-state index is -0.780. The highest BCUT2D eigenvalue weighted by Crippen LogP contribution is 2.19. The van der Waals surface area contributed by atoms with E-state index in [-0.39, 0.29) is 37.2 Å². The van der Waals surface area contributed by atoms with E-state index in [0.29, 0.717) is 51.9 Å². The number of carbonyl (C=O) groups excluding carboxylic acids is 2. The summed E-state index contributed by atoms with van der Waals surface area (Å²) in [6.07, 6.45) is 2.72. The van der Waals surface area contributed by atoms with E-state index in [0.717, 1.165) is 11.1 Å². The zero-order valence-electron chi connectivity index (χ0n) is 22.6. The third kappa shape index (κ3) is 11.1. The summed E-state index contributed by atoms with van der Waals surface area (Å²) in [6, 6.07) is 18.9. The summed E-state index contributed by atoms with van der Waals surface area (Å²) < 4.78 is 10.4. The first kappa shape index (κ1) is 32.4.